The van der Waals surface area contributed by atoms with Crippen LogP contribution in [0.3, 0.4) is 0 Å². The van der Waals surface area contributed by atoms with Crippen molar-refractivity contribution in [2.24, 2.45) is 7.05 Å². The Balaban J connectivity index is 1.50. The maximum absolute atomic E-state index is 12.8. The highest BCUT2D eigenvalue weighted by molar-refractivity contribution is 7.15. The predicted molar refractivity (Wildman–Crippen MR) is 104 cm³/mol. The van der Waals surface area contributed by atoms with Crippen LogP contribution in [0.1, 0.15) is 31.4 Å². The van der Waals surface area contributed by atoms with Crippen LogP contribution < -0.4 is 10.9 Å². The van der Waals surface area contributed by atoms with E-state index >= 15 is 0 Å². The maximum Gasteiger partial charge on any atom is 0.276 e. The molecule has 0 saturated carbocycles. The molecule has 0 spiro atoms. The van der Waals surface area contributed by atoms with Crippen molar-refractivity contribution in [3.63, 3.8) is 0 Å². The predicted octanol–water partition coefficient (Wildman–Crippen LogP) is 1.69. The third-order valence-electron chi connectivity index (χ3n) is 4.49. The standard InChI is InChI=1S/C19H17N5O3S/c1-23-9-4-5-12(17(23)26)18(27)24-10-7-13-15(11-24)28-19(21-13)22-16(25)14-6-2-3-8-20-14/h2-6,8-9H,7,10-11H2,1H3,(H,21,22,25). The van der Waals surface area contributed by atoms with E-state index in [-0.39, 0.29) is 22.9 Å². The molecule has 0 unspecified atom stereocenters. The molecule has 1 aliphatic heterocycles. The van der Waals surface area contributed by atoms with Gasteiger partial charge in [-0.05, 0) is 24.3 Å². The van der Waals surface area contributed by atoms with Gasteiger partial charge in [-0.15, -0.1) is 0 Å². The van der Waals surface area contributed by atoms with E-state index in [9.17, 15) is 14.4 Å². The van der Waals surface area contributed by atoms with Gasteiger partial charge in [-0.25, -0.2) is 4.98 Å². The number of pyridine rings is 2. The Morgan fingerprint density at radius 1 is 1.21 bits per heavy atom. The third kappa shape index (κ3) is 3.44. The van der Waals surface area contributed by atoms with Gasteiger partial charge in [0, 0.05) is 37.3 Å². The van der Waals surface area contributed by atoms with Crippen LogP contribution in [0.5, 0.6) is 0 Å². The second kappa shape index (κ2) is 7.35. The number of aryl methyl sites for hydroxylation is 1. The van der Waals surface area contributed by atoms with Gasteiger partial charge in [-0.1, -0.05) is 17.4 Å². The fourth-order valence-corrected chi connectivity index (χ4v) is 4.03. The van der Waals surface area contributed by atoms with Crippen LogP contribution in [0.4, 0.5) is 5.13 Å². The zero-order valence-electron chi connectivity index (χ0n) is 15.1. The fourth-order valence-electron chi connectivity index (χ4n) is 3.01. The van der Waals surface area contributed by atoms with Crippen molar-refractivity contribution in [3.05, 3.63) is 74.9 Å². The average Bonchev–Trinajstić information content (AvgIpc) is 3.11. The summed E-state index contributed by atoms with van der Waals surface area (Å²) in [6.07, 6.45) is 3.75. The highest BCUT2D eigenvalue weighted by Crippen LogP contribution is 2.29. The summed E-state index contributed by atoms with van der Waals surface area (Å²) in [6.45, 7) is 0.838. The number of fused-ring (bicyclic) bond motifs is 1. The first-order chi connectivity index (χ1) is 13.5. The van der Waals surface area contributed by atoms with E-state index in [0.717, 1.165) is 10.6 Å². The lowest BCUT2D eigenvalue weighted by Gasteiger charge is -2.25. The lowest BCUT2D eigenvalue weighted by Crippen LogP contribution is -2.39. The molecule has 1 aliphatic rings. The topological polar surface area (TPSA) is 97.2 Å². The van der Waals surface area contributed by atoms with E-state index in [0.29, 0.717) is 30.3 Å². The molecular formula is C19H17N5O3S. The molecule has 0 aromatic carbocycles. The number of carbonyl (C=O) groups is 2. The van der Waals surface area contributed by atoms with Crippen molar-refractivity contribution < 1.29 is 9.59 Å². The summed E-state index contributed by atoms with van der Waals surface area (Å²) >= 11 is 1.33. The van der Waals surface area contributed by atoms with Crippen LogP contribution in [-0.2, 0) is 20.0 Å². The fraction of sp³-hybridized carbons (Fsp3) is 0.211. The molecule has 0 aliphatic carbocycles. The maximum atomic E-state index is 12.8. The average molecular weight is 395 g/mol. The molecule has 3 aromatic rings. The Hall–Kier alpha value is -3.33. The summed E-state index contributed by atoms with van der Waals surface area (Å²) in [5, 5.41) is 3.23. The van der Waals surface area contributed by atoms with Gasteiger partial charge < -0.3 is 9.47 Å². The van der Waals surface area contributed by atoms with Gasteiger partial charge in [0.05, 0.1) is 12.2 Å². The number of amides is 2. The largest absolute Gasteiger partial charge is 0.333 e. The van der Waals surface area contributed by atoms with E-state index in [1.165, 1.54) is 15.9 Å². The Kier molecular flexibility index (Phi) is 4.74. The molecular weight excluding hydrogens is 378 g/mol. The van der Waals surface area contributed by atoms with E-state index in [4.69, 9.17) is 0 Å². The molecule has 4 rings (SSSR count). The smallest absolute Gasteiger partial charge is 0.276 e. The van der Waals surface area contributed by atoms with Gasteiger partial charge in [0.2, 0.25) is 0 Å². The summed E-state index contributed by atoms with van der Waals surface area (Å²) in [5.41, 5.74) is 1.02. The Labute approximate surface area is 164 Å². The summed E-state index contributed by atoms with van der Waals surface area (Å²) in [5.74, 6) is -0.619. The van der Waals surface area contributed by atoms with Crippen molar-refractivity contribution in [2.75, 3.05) is 11.9 Å². The number of nitrogens with one attached hydrogen (secondary N) is 1. The Bertz CT molecular complexity index is 1110. The number of hydrogen-bond acceptors (Lipinski definition) is 6. The minimum Gasteiger partial charge on any atom is -0.333 e. The summed E-state index contributed by atoms with van der Waals surface area (Å²) in [4.78, 5) is 48.3. The van der Waals surface area contributed by atoms with Crippen LogP contribution in [0, 0.1) is 0 Å². The van der Waals surface area contributed by atoms with E-state index < -0.39 is 0 Å². The molecule has 142 valence electrons. The van der Waals surface area contributed by atoms with Crippen molar-refractivity contribution in [2.45, 2.75) is 13.0 Å². The van der Waals surface area contributed by atoms with Crippen LogP contribution >= 0.6 is 11.3 Å². The number of carbonyl (C=O) groups excluding carboxylic acids is 2. The van der Waals surface area contributed by atoms with Crippen LogP contribution in [0.25, 0.3) is 0 Å². The van der Waals surface area contributed by atoms with E-state index in [1.807, 2.05) is 0 Å². The van der Waals surface area contributed by atoms with Gasteiger partial charge >= 0.3 is 0 Å². The first-order valence-electron chi connectivity index (χ1n) is 8.69. The minimum atomic E-state index is -0.326. The summed E-state index contributed by atoms with van der Waals surface area (Å²) < 4.78 is 1.39. The van der Waals surface area contributed by atoms with Crippen LogP contribution in [-0.4, -0.2) is 37.8 Å². The zero-order chi connectivity index (χ0) is 19.7. The first-order valence-corrected chi connectivity index (χ1v) is 9.50. The lowest BCUT2D eigenvalue weighted by atomic mass is 10.1. The number of aromatic nitrogens is 3. The molecule has 3 aromatic heterocycles. The molecule has 2 amide bonds. The van der Waals surface area contributed by atoms with Gasteiger partial charge in [0.25, 0.3) is 17.4 Å². The van der Waals surface area contributed by atoms with E-state index in [1.54, 1.807) is 54.7 Å². The number of nitrogens with zero attached hydrogens (tertiary/aromatic N) is 4. The molecule has 0 fully saturated rings. The van der Waals surface area contributed by atoms with Gasteiger partial charge in [0.15, 0.2) is 5.13 Å². The number of rotatable bonds is 3. The molecule has 9 heteroatoms. The highest BCUT2D eigenvalue weighted by Gasteiger charge is 2.27. The minimum absolute atomic E-state index is 0.154. The number of thiazole rings is 1. The SMILES string of the molecule is Cn1cccc(C(=O)N2CCc3nc(NC(=O)c4ccccn4)sc3C2)c1=O. The van der Waals surface area contributed by atoms with Gasteiger partial charge in [-0.3, -0.25) is 24.7 Å². The van der Waals surface area contributed by atoms with Crippen molar-refractivity contribution >= 4 is 28.3 Å². The molecule has 1 N–H and O–H groups in total. The normalized spacial score (nSPS) is 13.1. The van der Waals surface area contributed by atoms with Crippen molar-refractivity contribution in [1.82, 2.24) is 19.4 Å². The monoisotopic (exact) mass is 395 g/mol. The quantitative estimate of drug-likeness (QED) is 0.728. The number of anilines is 1. The zero-order valence-corrected chi connectivity index (χ0v) is 15.9. The Morgan fingerprint density at radius 2 is 2.07 bits per heavy atom. The molecule has 4 heterocycles. The molecule has 0 radical (unpaired) electrons. The highest BCUT2D eigenvalue weighted by atomic mass is 32.1. The van der Waals surface area contributed by atoms with E-state index in [2.05, 4.69) is 15.3 Å². The second-order valence-electron chi connectivity index (χ2n) is 6.37. The second-order valence-corrected chi connectivity index (χ2v) is 7.46. The Morgan fingerprint density at radius 3 is 2.86 bits per heavy atom. The van der Waals surface area contributed by atoms with Gasteiger partial charge in [0.1, 0.15) is 11.3 Å². The van der Waals surface area contributed by atoms with Crippen LogP contribution in [0.2, 0.25) is 0 Å². The van der Waals surface area contributed by atoms with Gasteiger partial charge in [-0.2, -0.15) is 0 Å². The third-order valence-corrected chi connectivity index (χ3v) is 5.49. The summed E-state index contributed by atoms with van der Waals surface area (Å²) in [7, 11) is 1.62. The number of hydrogen-bond donors (Lipinski definition) is 1. The molecule has 0 saturated heterocycles. The first kappa shape index (κ1) is 18.1. The summed E-state index contributed by atoms with van der Waals surface area (Å²) in [6, 6.07) is 8.34. The molecule has 0 atom stereocenters. The molecule has 8 nitrogen and oxygen atoms in total. The lowest BCUT2D eigenvalue weighted by molar-refractivity contribution is 0.0733. The van der Waals surface area contributed by atoms with Crippen molar-refractivity contribution in [3.8, 4) is 0 Å². The molecule has 28 heavy (non-hydrogen) atoms. The van der Waals surface area contributed by atoms with Crippen molar-refractivity contribution in [1.29, 1.82) is 0 Å². The molecule has 0 bridgehead atoms. The van der Waals surface area contributed by atoms with Crippen LogP contribution in [0.15, 0.2) is 47.5 Å².